The molecule has 0 bridgehead atoms. The summed E-state index contributed by atoms with van der Waals surface area (Å²) in [6.45, 7) is 5.44. The molecule has 6 atom stereocenters. The number of Topliss-reactive ketones (excluding diaryl/α,β-unsaturated/α-hetero) is 1. The van der Waals surface area contributed by atoms with Gasteiger partial charge in [-0.05, 0) is 67.3 Å². The van der Waals surface area contributed by atoms with E-state index in [1.807, 2.05) is 0 Å². The smallest absolute Gasteiger partial charge is 0.139 e. The third kappa shape index (κ3) is 2.75. The lowest BCUT2D eigenvalue weighted by Crippen LogP contribution is -2.56. The number of hydrogen-bond acceptors (Lipinski definition) is 2. The maximum absolute atomic E-state index is 12.9. The lowest BCUT2D eigenvalue weighted by Gasteiger charge is -2.59. The monoisotopic (exact) mass is 378 g/mol. The molecule has 3 saturated carbocycles. The van der Waals surface area contributed by atoms with Gasteiger partial charge in [-0.3, -0.25) is 4.79 Å². The summed E-state index contributed by atoms with van der Waals surface area (Å²) in [5, 5.41) is 0. The van der Waals surface area contributed by atoms with Crippen molar-refractivity contribution in [2.75, 3.05) is 0 Å². The molecule has 28 heavy (non-hydrogen) atoms. The molecular weight excluding hydrogens is 344 g/mol. The molecule has 1 aromatic carbocycles. The second kappa shape index (κ2) is 6.83. The summed E-state index contributed by atoms with van der Waals surface area (Å²) in [6.07, 6.45) is 12.0. The predicted molar refractivity (Wildman–Crippen MR) is 112 cm³/mol. The summed E-state index contributed by atoms with van der Waals surface area (Å²) in [4.78, 5) is 12.9. The molecular formula is C26H34O2. The molecule has 0 amide bonds. The van der Waals surface area contributed by atoms with Crippen LogP contribution in [0.1, 0.15) is 70.8 Å². The minimum Gasteiger partial charge on any atom is -0.373 e. The van der Waals surface area contributed by atoms with Gasteiger partial charge in [-0.2, -0.15) is 0 Å². The van der Waals surface area contributed by atoms with Crippen molar-refractivity contribution in [2.45, 2.75) is 77.9 Å². The van der Waals surface area contributed by atoms with Crippen LogP contribution in [0.15, 0.2) is 42.0 Å². The Morgan fingerprint density at radius 1 is 1.07 bits per heavy atom. The van der Waals surface area contributed by atoms with Gasteiger partial charge in [0.15, 0.2) is 0 Å². The first-order valence-electron chi connectivity index (χ1n) is 11.4. The zero-order valence-corrected chi connectivity index (χ0v) is 17.5. The number of fused-ring (bicyclic) bond motifs is 5. The molecule has 0 spiro atoms. The van der Waals surface area contributed by atoms with Crippen LogP contribution in [-0.4, -0.2) is 11.9 Å². The summed E-state index contributed by atoms with van der Waals surface area (Å²) < 4.78 is 6.69. The van der Waals surface area contributed by atoms with Crippen molar-refractivity contribution in [3.63, 3.8) is 0 Å². The molecule has 0 saturated heterocycles. The summed E-state index contributed by atoms with van der Waals surface area (Å²) in [5.74, 6) is 2.23. The lowest BCUT2D eigenvalue weighted by molar-refractivity contribution is -0.156. The molecule has 0 N–H and O–H groups in total. The molecule has 4 unspecified atom stereocenters. The topological polar surface area (TPSA) is 26.3 Å². The van der Waals surface area contributed by atoms with E-state index in [1.54, 1.807) is 5.57 Å². The van der Waals surface area contributed by atoms with Gasteiger partial charge in [-0.1, -0.05) is 62.2 Å². The Labute approximate surface area is 169 Å². The van der Waals surface area contributed by atoms with Gasteiger partial charge in [-0.15, -0.1) is 0 Å². The van der Waals surface area contributed by atoms with E-state index in [9.17, 15) is 4.79 Å². The van der Waals surface area contributed by atoms with Crippen LogP contribution in [0.5, 0.6) is 0 Å². The number of allylic oxidation sites excluding steroid dienone is 2. The van der Waals surface area contributed by atoms with Gasteiger partial charge in [0.2, 0.25) is 0 Å². The van der Waals surface area contributed by atoms with Gasteiger partial charge >= 0.3 is 0 Å². The third-order valence-electron chi connectivity index (χ3n) is 8.95. The van der Waals surface area contributed by atoms with Gasteiger partial charge < -0.3 is 4.74 Å². The SMILES string of the molecule is C[C@]12CCCCC1=CCC1C2C(OCc2ccccc2)C[C@]2(C)C(=O)CCC12. The largest absolute Gasteiger partial charge is 0.373 e. The fraction of sp³-hybridized carbons (Fsp3) is 0.654. The van der Waals surface area contributed by atoms with E-state index in [2.05, 4.69) is 50.3 Å². The predicted octanol–water partition coefficient (Wildman–Crippen LogP) is 6.10. The summed E-state index contributed by atoms with van der Waals surface area (Å²) in [7, 11) is 0. The van der Waals surface area contributed by atoms with Crippen LogP contribution in [0, 0.1) is 28.6 Å². The molecule has 0 heterocycles. The number of carbonyl (C=O) groups is 1. The minimum absolute atomic E-state index is 0.168. The molecule has 0 aromatic heterocycles. The van der Waals surface area contributed by atoms with E-state index in [0.717, 1.165) is 25.7 Å². The molecule has 150 valence electrons. The van der Waals surface area contributed by atoms with Crippen molar-refractivity contribution in [1.82, 2.24) is 0 Å². The zero-order valence-electron chi connectivity index (χ0n) is 17.5. The first-order chi connectivity index (χ1) is 13.5. The Balaban J connectivity index is 1.50. The summed E-state index contributed by atoms with van der Waals surface area (Å²) in [6, 6.07) is 10.5. The highest BCUT2D eigenvalue weighted by molar-refractivity contribution is 5.87. The molecule has 2 nitrogen and oxygen atoms in total. The van der Waals surface area contributed by atoms with Crippen LogP contribution >= 0.6 is 0 Å². The third-order valence-corrected chi connectivity index (χ3v) is 8.95. The maximum Gasteiger partial charge on any atom is 0.139 e. The van der Waals surface area contributed by atoms with E-state index < -0.39 is 0 Å². The molecule has 0 aliphatic heterocycles. The molecule has 4 aliphatic rings. The molecule has 4 aliphatic carbocycles. The second-order valence-electron chi connectivity index (χ2n) is 10.3. The van der Waals surface area contributed by atoms with Gasteiger partial charge in [0.25, 0.3) is 0 Å². The van der Waals surface area contributed by atoms with Crippen LogP contribution in [0.4, 0.5) is 0 Å². The van der Waals surface area contributed by atoms with Crippen LogP contribution in [0.3, 0.4) is 0 Å². The average Bonchev–Trinajstić information content (AvgIpc) is 3.01. The van der Waals surface area contributed by atoms with Gasteiger partial charge in [0, 0.05) is 11.8 Å². The number of carbonyl (C=O) groups excluding carboxylic acids is 1. The quantitative estimate of drug-likeness (QED) is 0.594. The Morgan fingerprint density at radius 2 is 1.89 bits per heavy atom. The van der Waals surface area contributed by atoms with Crippen LogP contribution in [-0.2, 0) is 16.1 Å². The Kier molecular flexibility index (Phi) is 4.54. The molecule has 0 radical (unpaired) electrons. The number of rotatable bonds is 3. The van der Waals surface area contributed by atoms with E-state index >= 15 is 0 Å². The highest BCUT2D eigenvalue weighted by Gasteiger charge is 2.61. The first kappa shape index (κ1) is 18.6. The van der Waals surface area contributed by atoms with E-state index in [-0.39, 0.29) is 16.9 Å². The van der Waals surface area contributed by atoms with Crippen molar-refractivity contribution in [3.05, 3.63) is 47.5 Å². The number of hydrogen-bond donors (Lipinski definition) is 0. The minimum atomic E-state index is -0.168. The van der Waals surface area contributed by atoms with E-state index in [1.165, 1.54) is 31.2 Å². The van der Waals surface area contributed by atoms with Gasteiger partial charge in [-0.25, -0.2) is 0 Å². The Bertz CT molecular complexity index is 781. The zero-order chi connectivity index (χ0) is 19.4. The summed E-state index contributed by atoms with van der Waals surface area (Å²) >= 11 is 0. The highest BCUT2D eigenvalue weighted by Crippen LogP contribution is 2.64. The van der Waals surface area contributed by atoms with Crippen molar-refractivity contribution >= 4 is 5.78 Å². The van der Waals surface area contributed by atoms with Crippen molar-refractivity contribution in [1.29, 1.82) is 0 Å². The van der Waals surface area contributed by atoms with E-state index in [4.69, 9.17) is 4.74 Å². The lowest BCUT2D eigenvalue weighted by atomic mass is 9.47. The Morgan fingerprint density at radius 3 is 2.71 bits per heavy atom. The normalized spacial score (nSPS) is 42.4. The Hall–Kier alpha value is -1.41. The van der Waals surface area contributed by atoms with Crippen LogP contribution in [0.2, 0.25) is 0 Å². The van der Waals surface area contributed by atoms with Crippen LogP contribution in [0.25, 0.3) is 0 Å². The first-order valence-corrected chi connectivity index (χ1v) is 11.4. The maximum atomic E-state index is 12.9. The number of ketones is 1. The van der Waals surface area contributed by atoms with Crippen molar-refractivity contribution in [2.24, 2.45) is 28.6 Å². The fourth-order valence-electron chi connectivity index (χ4n) is 7.50. The van der Waals surface area contributed by atoms with Crippen molar-refractivity contribution in [3.8, 4) is 0 Å². The molecule has 3 fully saturated rings. The molecule has 2 heteroatoms. The number of ether oxygens (including phenoxy) is 1. The second-order valence-corrected chi connectivity index (χ2v) is 10.3. The average molecular weight is 379 g/mol. The van der Waals surface area contributed by atoms with Crippen molar-refractivity contribution < 1.29 is 9.53 Å². The van der Waals surface area contributed by atoms with Gasteiger partial charge in [0.05, 0.1) is 12.7 Å². The van der Waals surface area contributed by atoms with Gasteiger partial charge in [0.1, 0.15) is 5.78 Å². The van der Waals surface area contributed by atoms with Crippen LogP contribution < -0.4 is 0 Å². The highest BCUT2D eigenvalue weighted by atomic mass is 16.5. The van der Waals surface area contributed by atoms with E-state index in [0.29, 0.717) is 30.1 Å². The molecule has 5 rings (SSSR count). The standard InChI is InChI=1S/C26H34O2/c1-25-15-7-6-10-19(25)11-12-20-21-13-14-23(27)26(21,2)16-22(24(20)25)28-17-18-8-4-3-5-9-18/h3-5,8-9,11,20-22,24H,6-7,10,12-17H2,1-2H3/t20?,21?,22?,24?,25-,26-/m0/s1. The molecule has 1 aromatic rings. The number of benzene rings is 1. The fourth-order valence-corrected chi connectivity index (χ4v) is 7.50. The summed E-state index contributed by atoms with van der Waals surface area (Å²) in [5.41, 5.74) is 3.04.